The summed E-state index contributed by atoms with van der Waals surface area (Å²) in [5.41, 5.74) is 1.19. The van der Waals surface area contributed by atoms with Crippen molar-refractivity contribution in [2.45, 2.75) is 38.0 Å². The molecule has 1 aliphatic carbocycles. The molecule has 1 aliphatic heterocycles. The second kappa shape index (κ2) is 6.50. The van der Waals surface area contributed by atoms with Crippen molar-refractivity contribution in [1.82, 2.24) is 15.0 Å². The van der Waals surface area contributed by atoms with Crippen molar-refractivity contribution < 1.29 is 14.1 Å². The molecule has 0 N–H and O–H groups in total. The van der Waals surface area contributed by atoms with Crippen LogP contribution < -0.4 is 4.74 Å². The second-order valence-electron chi connectivity index (χ2n) is 7.02. The van der Waals surface area contributed by atoms with E-state index < -0.39 is 0 Å². The molecule has 6 heteroatoms. The van der Waals surface area contributed by atoms with Crippen LogP contribution in [0.5, 0.6) is 5.75 Å². The maximum atomic E-state index is 12.9. The summed E-state index contributed by atoms with van der Waals surface area (Å²) in [6.45, 7) is 3.32. The lowest BCUT2D eigenvalue weighted by Gasteiger charge is -2.31. The molecule has 25 heavy (non-hydrogen) atoms. The molecule has 6 nitrogen and oxygen atoms in total. The van der Waals surface area contributed by atoms with Gasteiger partial charge in [0.1, 0.15) is 5.75 Å². The van der Waals surface area contributed by atoms with Crippen molar-refractivity contribution >= 4 is 5.91 Å². The molecule has 1 saturated heterocycles. The molecule has 1 amide bonds. The number of likely N-dealkylation sites (tertiary alicyclic amines) is 1. The molecule has 3 unspecified atom stereocenters. The topological polar surface area (TPSA) is 68.5 Å². The van der Waals surface area contributed by atoms with E-state index in [1.807, 2.05) is 23.1 Å². The van der Waals surface area contributed by atoms with E-state index in [1.165, 1.54) is 5.56 Å². The van der Waals surface area contributed by atoms with Gasteiger partial charge in [0.2, 0.25) is 11.8 Å². The summed E-state index contributed by atoms with van der Waals surface area (Å²) >= 11 is 0. The van der Waals surface area contributed by atoms with Gasteiger partial charge in [-0.1, -0.05) is 17.3 Å². The largest absolute Gasteiger partial charge is 0.497 e. The Balaban J connectivity index is 1.41. The summed E-state index contributed by atoms with van der Waals surface area (Å²) < 4.78 is 10.4. The lowest BCUT2D eigenvalue weighted by molar-refractivity contribution is -0.133. The molecule has 0 spiro atoms. The van der Waals surface area contributed by atoms with Crippen LogP contribution in [0.2, 0.25) is 0 Å². The number of benzene rings is 1. The first-order chi connectivity index (χ1) is 12.2. The number of aryl methyl sites for hydroxylation is 1. The fourth-order valence-electron chi connectivity index (χ4n) is 3.81. The van der Waals surface area contributed by atoms with Crippen LogP contribution in [0.1, 0.15) is 48.4 Å². The minimum atomic E-state index is 0.0952. The van der Waals surface area contributed by atoms with Gasteiger partial charge in [0.05, 0.1) is 7.11 Å². The molecule has 4 rings (SSSR count). The molecule has 132 valence electrons. The summed E-state index contributed by atoms with van der Waals surface area (Å²) in [6.07, 6.45) is 2.92. The zero-order valence-corrected chi connectivity index (χ0v) is 14.6. The Morgan fingerprint density at radius 1 is 1.40 bits per heavy atom. The Labute approximate surface area is 147 Å². The molecular formula is C19H23N3O3. The van der Waals surface area contributed by atoms with Gasteiger partial charge < -0.3 is 14.2 Å². The van der Waals surface area contributed by atoms with Crippen molar-refractivity contribution in [2.75, 3.05) is 20.2 Å². The van der Waals surface area contributed by atoms with Crippen molar-refractivity contribution in [3.05, 3.63) is 41.5 Å². The van der Waals surface area contributed by atoms with Crippen molar-refractivity contribution in [3.8, 4) is 5.75 Å². The fraction of sp³-hybridized carbons (Fsp3) is 0.526. The molecule has 1 aromatic carbocycles. The number of carbonyl (C=O) groups is 1. The number of aromatic nitrogens is 2. The molecule has 2 aliphatic rings. The fourth-order valence-corrected chi connectivity index (χ4v) is 3.81. The Kier molecular flexibility index (Phi) is 4.19. The van der Waals surface area contributed by atoms with Gasteiger partial charge >= 0.3 is 0 Å². The maximum absolute atomic E-state index is 12.9. The van der Waals surface area contributed by atoms with E-state index in [0.717, 1.165) is 37.4 Å². The van der Waals surface area contributed by atoms with Crippen LogP contribution in [0.15, 0.2) is 28.8 Å². The van der Waals surface area contributed by atoms with Crippen molar-refractivity contribution in [1.29, 1.82) is 0 Å². The van der Waals surface area contributed by atoms with Gasteiger partial charge in [-0.15, -0.1) is 0 Å². The molecule has 2 heterocycles. The highest BCUT2D eigenvalue weighted by molar-refractivity contribution is 5.83. The monoisotopic (exact) mass is 341 g/mol. The van der Waals surface area contributed by atoms with Gasteiger partial charge in [-0.25, -0.2) is 0 Å². The standard InChI is InChI=1S/C19H23N3O3/c1-12-20-18(21-25-12)14-6-4-8-22(11-14)19(23)17-10-16(17)13-5-3-7-15(9-13)24-2/h3,5,7,9,14,16-17H,4,6,8,10-11H2,1-2H3. The van der Waals surface area contributed by atoms with Crippen molar-refractivity contribution in [3.63, 3.8) is 0 Å². The Bertz CT molecular complexity index is 773. The van der Waals surface area contributed by atoms with Gasteiger partial charge in [-0.2, -0.15) is 4.98 Å². The van der Waals surface area contributed by atoms with E-state index >= 15 is 0 Å². The smallest absolute Gasteiger partial charge is 0.226 e. The minimum Gasteiger partial charge on any atom is -0.497 e. The van der Waals surface area contributed by atoms with Crippen LogP contribution in [-0.2, 0) is 4.79 Å². The highest BCUT2D eigenvalue weighted by Gasteiger charge is 2.46. The summed E-state index contributed by atoms with van der Waals surface area (Å²) in [4.78, 5) is 19.2. The normalized spacial score (nSPS) is 25.7. The van der Waals surface area contributed by atoms with Gasteiger partial charge in [0.15, 0.2) is 5.82 Å². The summed E-state index contributed by atoms with van der Waals surface area (Å²) in [7, 11) is 1.67. The van der Waals surface area contributed by atoms with E-state index in [4.69, 9.17) is 9.26 Å². The molecule has 0 radical (unpaired) electrons. The summed E-state index contributed by atoms with van der Waals surface area (Å²) in [5.74, 6) is 3.02. The molecule has 1 aromatic heterocycles. The van der Waals surface area contributed by atoms with Gasteiger partial charge in [0.25, 0.3) is 0 Å². The van der Waals surface area contributed by atoms with Crippen LogP contribution in [-0.4, -0.2) is 41.1 Å². The van der Waals surface area contributed by atoms with Gasteiger partial charge in [0, 0.05) is 31.8 Å². The Hall–Kier alpha value is -2.37. The Morgan fingerprint density at radius 3 is 3.04 bits per heavy atom. The number of ether oxygens (including phenoxy) is 1. The van der Waals surface area contributed by atoms with Crippen LogP contribution >= 0.6 is 0 Å². The predicted molar refractivity (Wildman–Crippen MR) is 91.4 cm³/mol. The second-order valence-corrected chi connectivity index (χ2v) is 7.02. The summed E-state index contributed by atoms with van der Waals surface area (Å²) in [6, 6.07) is 8.05. The quantitative estimate of drug-likeness (QED) is 0.855. The first-order valence-electron chi connectivity index (χ1n) is 8.88. The zero-order valence-electron chi connectivity index (χ0n) is 14.6. The van der Waals surface area contributed by atoms with E-state index in [1.54, 1.807) is 14.0 Å². The van der Waals surface area contributed by atoms with Crippen molar-refractivity contribution in [2.24, 2.45) is 5.92 Å². The number of piperidine rings is 1. The number of methoxy groups -OCH3 is 1. The highest BCUT2D eigenvalue weighted by Crippen LogP contribution is 2.49. The third-order valence-electron chi connectivity index (χ3n) is 5.27. The Morgan fingerprint density at radius 2 is 2.28 bits per heavy atom. The van der Waals surface area contributed by atoms with Crippen LogP contribution in [0.4, 0.5) is 0 Å². The molecule has 2 fully saturated rings. The van der Waals surface area contributed by atoms with Gasteiger partial charge in [-0.3, -0.25) is 4.79 Å². The molecule has 2 aromatic rings. The molecule has 1 saturated carbocycles. The number of amides is 1. The number of nitrogens with zero attached hydrogens (tertiary/aromatic N) is 3. The zero-order chi connectivity index (χ0) is 17.4. The number of carbonyl (C=O) groups excluding carboxylic acids is 1. The number of hydrogen-bond donors (Lipinski definition) is 0. The first kappa shape index (κ1) is 16.1. The van der Waals surface area contributed by atoms with E-state index in [0.29, 0.717) is 18.4 Å². The van der Waals surface area contributed by atoms with Crippen LogP contribution in [0.25, 0.3) is 0 Å². The third kappa shape index (κ3) is 3.25. The number of rotatable bonds is 4. The molecule has 0 bridgehead atoms. The lowest BCUT2D eigenvalue weighted by Crippen LogP contribution is -2.40. The van der Waals surface area contributed by atoms with E-state index in [-0.39, 0.29) is 17.7 Å². The molecule has 3 atom stereocenters. The lowest BCUT2D eigenvalue weighted by atomic mass is 9.96. The molecular weight excluding hydrogens is 318 g/mol. The van der Waals surface area contributed by atoms with E-state index in [9.17, 15) is 4.79 Å². The summed E-state index contributed by atoms with van der Waals surface area (Å²) in [5, 5.41) is 4.04. The maximum Gasteiger partial charge on any atom is 0.226 e. The average molecular weight is 341 g/mol. The van der Waals surface area contributed by atoms with Crippen LogP contribution in [0, 0.1) is 12.8 Å². The van der Waals surface area contributed by atoms with E-state index in [2.05, 4.69) is 16.2 Å². The third-order valence-corrected chi connectivity index (χ3v) is 5.27. The first-order valence-corrected chi connectivity index (χ1v) is 8.88. The van der Waals surface area contributed by atoms with Gasteiger partial charge in [-0.05, 0) is 42.9 Å². The minimum absolute atomic E-state index is 0.0952. The highest BCUT2D eigenvalue weighted by atomic mass is 16.5. The number of hydrogen-bond acceptors (Lipinski definition) is 5. The van der Waals surface area contributed by atoms with Crippen LogP contribution in [0.3, 0.4) is 0 Å². The average Bonchev–Trinajstić information content (AvgIpc) is 3.34. The predicted octanol–water partition coefficient (Wildman–Crippen LogP) is 2.90. The SMILES string of the molecule is COc1cccc(C2CC2C(=O)N2CCCC(c3noc(C)n3)C2)c1.